The Kier molecular flexibility index (Phi) is 5.74. The number of nitrogens with one attached hydrogen (secondary N) is 1. The van der Waals surface area contributed by atoms with E-state index in [1.807, 2.05) is 12.1 Å². The Bertz CT molecular complexity index is 957. The van der Waals surface area contributed by atoms with Crippen molar-refractivity contribution in [2.24, 2.45) is 11.8 Å². The number of carbonyl (C=O) groups is 1. The molecule has 1 unspecified atom stereocenters. The van der Waals surface area contributed by atoms with Gasteiger partial charge in [-0.3, -0.25) is 9.59 Å². The summed E-state index contributed by atoms with van der Waals surface area (Å²) in [7, 11) is 0. The summed E-state index contributed by atoms with van der Waals surface area (Å²) in [5, 5.41) is 9.94. The van der Waals surface area contributed by atoms with Gasteiger partial charge in [0, 0.05) is 35.6 Å². The van der Waals surface area contributed by atoms with Crippen molar-refractivity contribution in [1.82, 2.24) is 14.9 Å². The molecular weight excluding hydrogens is 390 g/mol. The van der Waals surface area contributed by atoms with Crippen molar-refractivity contribution in [2.45, 2.75) is 45.1 Å². The molecule has 3 atom stereocenters. The van der Waals surface area contributed by atoms with Gasteiger partial charge in [0.1, 0.15) is 5.82 Å². The molecule has 29 heavy (non-hydrogen) atoms. The van der Waals surface area contributed by atoms with Crippen LogP contribution < -0.4 is 5.56 Å². The summed E-state index contributed by atoms with van der Waals surface area (Å²) in [5.41, 5.74) is 2.02. The summed E-state index contributed by atoms with van der Waals surface area (Å²) in [6.45, 7) is 3.05. The van der Waals surface area contributed by atoms with E-state index in [4.69, 9.17) is 16.6 Å². The molecule has 0 radical (unpaired) electrons. The van der Waals surface area contributed by atoms with E-state index in [9.17, 15) is 14.7 Å². The van der Waals surface area contributed by atoms with Gasteiger partial charge in [-0.2, -0.15) is 0 Å². The minimum atomic E-state index is -0.187. The Morgan fingerprint density at radius 1 is 1.34 bits per heavy atom. The van der Waals surface area contributed by atoms with Crippen LogP contribution in [-0.2, 0) is 11.3 Å². The van der Waals surface area contributed by atoms with Crippen molar-refractivity contribution in [2.75, 3.05) is 13.2 Å². The zero-order valence-electron chi connectivity index (χ0n) is 16.5. The highest BCUT2D eigenvalue weighted by molar-refractivity contribution is 6.30. The second-order valence-electron chi connectivity index (χ2n) is 8.13. The number of H-pyrrole nitrogens is 1. The van der Waals surface area contributed by atoms with Gasteiger partial charge in [0.05, 0.1) is 17.8 Å². The van der Waals surface area contributed by atoms with Crippen LogP contribution >= 0.6 is 11.6 Å². The first-order valence-corrected chi connectivity index (χ1v) is 10.7. The van der Waals surface area contributed by atoms with Gasteiger partial charge in [0.25, 0.3) is 5.56 Å². The third-order valence-corrected chi connectivity index (χ3v) is 6.29. The lowest BCUT2D eigenvalue weighted by molar-refractivity contribution is -0.134. The number of rotatable bonds is 6. The molecule has 1 aromatic carbocycles. The van der Waals surface area contributed by atoms with Gasteiger partial charge in [-0.15, -0.1) is 0 Å². The van der Waals surface area contributed by atoms with Crippen LogP contribution in [0.2, 0.25) is 5.02 Å². The lowest BCUT2D eigenvalue weighted by Gasteiger charge is -2.34. The first-order valence-electron chi connectivity index (χ1n) is 10.3. The zero-order chi connectivity index (χ0) is 20.5. The smallest absolute Gasteiger partial charge is 0.256 e. The van der Waals surface area contributed by atoms with Crippen LogP contribution in [0.15, 0.2) is 29.1 Å². The molecule has 4 rings (SSSR count). The Morgan fingerprint density at radius 3 is 2.76 bits per heavy atom. The quantitative estimate of drug-likeness (QED) is 0.757. The van der Waals surface area contributed by atoms with Crippen molar-refractivity contribution < 1.29 is 9.90 Å². The predicted octanol–water partition coefficient (Wildman–Crippen LogP) is 3.33. The first kappa shape index (κ1) is 20.1. The molecule has 0 saturated heterocycles. The first-order chi connectivity index (χ1) is 14.0. The molecule has 154 valence electrons. The number of fused-ring (bicyclic) bond motifs is 1. The van der Waals surface area contributed by atoms with E-state index in [2.05, 4.69) is 11.9 Å². The number of unbranched alkanes of at least 4 members (excludes halogenated alkanes) is 1. The third-order valence-electron chi connectivity index (χ3n) is 6.03. The van der Waals surface area contributed by atoms with Crippen LogP contribution in [0, 0.1) is 11.8 Å². The molecule has 7 heteroatoms. The van der Waals surface area contributed by atoms with Gasteiger partial charge in [-0.05, 0) is 43.0 Å². The van der Waals surface area contributed by atoms with Crippen LogP contribution in [0.5, 0.6) is 0 Å². The fourth-order valence-corrected chi connectivity index (χ4v) is 4.32. The largest absolute Gasteiger partial charge is 0.396 e. The minimum absolute atomic E-state index is 0.0438. The molecule has 2 aliphatic rings. The van der Waals surface area contributed by atoms with E-state index in [1.54, 1.807) is 17.0 Å². The van der Waals surface area contributed by atoms with Gasteiger partial charge in [0.2, 0.25) is 5.91 Å². The highest BCUT2D eigenvalue weighted by Gasteiger charge is 2.45. The van der Waals surface area contributed by atoms with Gasteiger partial charge in [-0.25, -0.2) is 4.98 Å². The molecule has 0 spiro atoms. The van der Waals surface area contributed by atoms with E-state index in [0.29, 0.717) is 23.0 Å². The summed E-state index contributed by atoms with van der Waals surface area (Å²) < 4.78 is 0. The molecule has 1 saturated carbocycles. The SMILES string of the molecule is CCCCC1CN(C(=O)[C@H]2C[C@@H]2CO)Cc2c1nc(-c1ccc(Cl)cc1)[nH]c2=O. The average Bonchev–Trinajstić information content (AvgIpc) is 3.52. The molecule has 1 amide bonds. The summed E-state index contributed by atoms with van der Waals surface area (Å²) in [5.74, 6) is 0.601. The second-order valence-corrected chi connectivity index (χ2v) is 8.56. The zero-order valence-corrected chi connectivity index (χ0v) is 17.3. The number of carbonyl (C=O) groups excluding carboxylic acids is 1. The molecule has 1 aliphatic heterocycles. The average molecular weight is 416 g/mol. The maximum Gasteiger partial charge on any atom is 0.256 e. The number of hydrogen-bond acceptors (Lipinski definition) is 4. The predicted molar refractivity (Wildman–Crippen MR) is 112 cm³/mol. The normalized spacial score (nSPS) is 23.0. The van der Waals surface area contributed by atoms with Crippen molar-refractivity contribution in [3.63, 3.8) is 0 Å². The topological polar surface area (TPSA) is 86.3 Å². The van der Waals surface area contributed by atoms with Crippen molar-refractivity contribution in [3.8, 4) is 11.4 Å². The number of aromatic amines is 1. The second kappa shape index (κ2) is 8.28. The van der Waals surface area contributed by atoms with E-state index in [0.717, 1.165) is 36.9 Å². The number of aromatic nitrogens is 2. The van der Waals surface area contributed by atoms with Crippen molar-refractivity contribution in [1.29, 1.82) is 0 Å². The number of aliphatic hydroxyl groups excluding tert-OH is 1. The highest BCUT2D eigenvalue weighted by Crippen LogP contribution is 2.41. The number of halogens is 1. The number of hydrogen-bond donors (Lipinski definition) is 2. The number of aliphatic hydroxyl groups is 1. The lowest BCUT2D eigenvalue weighted by atomic mass is 9.90. The lowest BCUT2D eigenvalue weighted by Crippen LogP contribution is -2.42. The number of benzene rings is 1. The van der Waals surface area contributed by atoms with E-state index in [1.165, 1.54) is 0 Å². The van der Waals surface area contributed by atoms with Gasteiger partial charge < -0.3 is 15.0 Å². The number of nitrogens with zero attached hydrogens (tertiary/aromatic N) is 2. The fraction of sp³-hybridized carbons (Fsp3) is 0.500. The molecule has 2 heterocycles. The summed E-state index contributed by atoms with van der Waals surface area (Å²) in [6, 6.07) is 7.24. The molecule has 2 aromatic rings. The maximum atomic E-state index is 12.9. The van der Waals surface area contributed by atoms with E-state index < -0.39 is 0 Å². The van der Waals surface area contributed by atoms with Crippen LogP contribution in [0.25, 0.3) is 11.4 Å². The van der Waals surface area contributed by atoms with Gasteiger partial charge in [-0.1, -0.05) is 31.4 Å². The Hall–Kier alpha value is -2.18. The Morgan fingerprint density at radius 2 is 2.10 bits per heavy atom. The van der Waals surface area contributed by atoms with Crippen LogP contribution in [0.3, 0.4) is 0 Å². The molecular formula is C22H26ClN3O3. The van der Waals surface area contributed by atoms with Gasteiger partial charge in [0.15, 0.2) is 0 Å². The maximum absolute atomic E-state index is 12.9. The molecule has 2 N–H and O–H groups in total. The minimum Gasteiger partial charge on any atom is -0.396 e. The summed E-state index contributed by atoms with van der Waals surface area (Å²) >= 11 is 5.98. The Balaban J connectivity index is 1.67. The van der Waals surface area contributed by atoms with E-state index in [-0.39, 0.29) is 42.4 Å². The van der Waals surface area contributed by atoms with Crippen LogP contribution in [0.4, 0.5) is 0 Å². The fourth-order valence-electron chi connectivity index (χ4n) is 4.19. The van der Waals surface area contributed by atoms with Crippen molar-refractivity contribution >= 4 is 17.5 Å². The molecule has 1 aliphatic carbocycles. The van der Waals surface area contributed by atoms with E-state index >= 15 is 0 Å². The summed E-state index contributed by atoms with van der Waals surface area (Å²) in [4.78, 5) is 35.3. The number of amides is 1. The molecule has 0 bridgehead atoms. The van der Waals surface area contributed by atoms with Crippen LogP contribution in [0.1, 0.15) is 49.8 Å². The molecule has 1 fully saturated rings. The Labute approximate surface area is 174 Å². The molecule has 1 aromatic heterocycles. The standard InChI is InChI=1S/C22H26ClN3O3/c1-2-3-4-14-10-26(22(29)17-9-15(17)12-27)11-18-19(14)24-20(25-21(18)28)13-5-7-16(23)8-6-13/h5-8,14-15,17,27H,2-4,9-12H2,1H3,(H,24,25,28)/t14?,15-,17+/m1/s1. The summed E-state index contributed by atoms with van der Waals surface area (Å²) in [6.07, 6.45) is 3.68. The van der Waals surface area contributed by atoms with Crippen LogP contribution in [-0.4, -0.2) is 39.0 Å². The van der Waals surface area contributed by atoms with Gasteiger partial charge >= 0.3 is 0 Å². The highest BCUT2D eigenvalue weighted by atomic mass is 35.5. The molecule has 6 nitrogen and oxygen atoms in total. The monoisotopic (exact) mass is 415 g/mol. The third kappa shape index (κ3) is 4.09. The van der Waals surface area contributed by atoms with Crippen molar-refractivity contribution in [3.05, 3.63) is 50.9 Å².